The zero-order valence-corrected chi connectivity index (χ0v) is 19.1. The first-order chi connectivity index (χ1) is 15.6. The number of carbonyl (C=O) groups excluding carboxylic acids is 2. The number of benzene rings is 2. The van der Waals surface area contributed by atoms with Gasteiger partial charge in [0.1, 0.15) is 11.5 Å². The number of rotatable bonds is 10. The van der Waals surface area contributed by atoms with Crippen LogP contribution < -0.4 is 20.1 Å². The molecule has 172 valence electrons. The van der Waals surface area contributed by atoms with Crippen LogP contribution >= 0.6 is 0 Å². The van der Waals surface area contributed by atoms with Crippen molar-refractivity contribution in [3.05, 3.63) is 59.7 Å². The third kappa shape index (κ3) is 7.29. The highest BCUT2D eigenvalue weighted by Gasteiger charge is 2.28. The van der Waals surface area contributed by atoms with Crippen LogP contribution in [-0.2, 0) is 22.4 Å². The van der Waals surface area contributed by atoms with E-state index in [1.807, 2.05) is 48.5 Å². The number of hydrogen-bond acceptors (Lipinski definition) is 4. The molecule has 0 aliphatic heterocycles. The first-order valence-corrected chi connectivity index (χ1v) is 11.6. The molecule has 2 unspecified atom stereocenters. The molecular weight excluding hydrogens is 404 g/mol. The van der Waals surface area contributed by atoms with Crippen molar-refractivity contribution in [1.82, 2.24) is 10.6 Å². The number of aryl methyl sites for hydroxylation is 2. The van der Waals surface area contributed by atoms with Crippen LogP contribution in [0.15, 0.2) is 48.5 Å². The van der Waals surface area contributed by atoms with E-state index in [4.69, 9.17) is 9.47 Å². The Labute approximate surface area is 190 Å². The van der Waals surface area contributed by atoms with Gasteiger partial charge in [0.2, 0.25) is 0 Å². The number of amides is 2. The normalized spacial score (nSPS) is 17.9. The third-order valence-corrected chi connectivity index (χ3v) is 5.81. The molecule has 2 N–H and O–H groups in total. The van der Waals surface area contributed by atoms with Gasteiger partial charge in [-0.25, -0.2) is 0 Å². The number of nitrogens with one attached hydrogen (secondary N) is 2. The smallest absolute Gasteiger partial charge is 0.258 e. The monoisotopic (exact) mass is 438 g/mol. The van der Waals surface area contributed by atoms with Gasteiger partial charge in [-0.3, -0.25) is 9.59 Å². The summed E-state index contributed by atoms with van der Waals surface area (Å²) in [5, 5.41) is 6.09. The second-order valence-electron chi connectivity index (χ2n) is 8.21. The van der Waals surface area contributed by atoms with Crippen molar-refractivity contribution in [3.8, 4) is 11.5 Å². The van der Waals surface area contributed by atoms with Crippen LogP contribution in [-0.4, -0.2) is 37.1 Å². The molecule has 32 heavy (non-hydrogen) atoms. The van der Waals surface area contributed by atoms with E-state index in [1.165, 1.54) is 11.1 Å². The predicted molar refractivity (Wildman–Crippen MR) is 125 cm³/mol. The fourth-order valence-electron chi connectivity index (χ4n) is 3.98. The van der Waals surface area contributed by atoms with Gasteiger partial charge in [-0.2, -0.15) is 0 Å². The van der Waals surface area contributed by atoms with Crippen LogP contribution in [0.2, 0.25) is 0 Å². The fourth-order valence-corrected chi connectivity index (χ4v) is 3.98. The summed E-state index contributed by atoms with van der Waals surface area (Å²) >= 11 is 0. The first-order valence-electron chi connectivity index (χ1n) is 11.6. The maximum atomic E-state index is 12.5. The van der Waals surface area contributed by atoms with Crippen molar-refractivity contribution in [3.63, 3.8) is 0 Å². The van der Waals surface area contributed by atoms with Gasteiger partial charge in [0, 0.05) is 12.1 Å². The summed E-state index contributed by atoms with van der Waals surface area (Å²) in [7, 11) is 0. The SMILES string of the molecule is CCc1cccc(OCC(=O)NC2CCCCC2NC(=O)COc2cccc(CC)c2)c1. The Hall–Kier alpha value is -3.02. The van der Waals surface area contributed by atoms with Gasteiger partial charge in [0.05, 0.1) is 0 Å². The molecule has 6 heteroatoms. The minimum absolute atomic E-state index is 0.0405. The predicted octanol–water partition coefficient (Wildman–Crippen LogP) is 3.81. The lowest BCUT2D eigenvalue weighted by Gasteiger charge is -2.32. The number of hydrogen-bond donors (Lipinski definition) is 2. The lowest BCUT2D eigenvalue weighted by molar-refractivity contribution is -0.127. The Morgan fingerprint density at radius 3 is 1.62 bits per heavy atom. The molecule has 2 aromatic carbocycles. The Morgan fingerprint density at radius 2 is 1.22 bits per heavy atom. The van der Waals surface area contributed by atoms with E-state index in [9.17, 15) is 9.59 Å². The maximum absolute atomic E-state index is 12.5. The van der Waals surface area contributed by atoms with E-state index in [1.54, 1.807) is 0 Å². The van der Waals surface area contributed by atoms with Crippen molar-refractivity contribution < 1.29 is 19.1 Å². The summed E-state index contributed by atoms with van der Waals surface area (Å²) in [6.45, 7) is 4.08. The quantitative estimate of drug-likeness (QED) is 0.591. The summed E-state index contributed by atoms with van der Waals surface area (Å²) in [6, 6.07) is 15.3. The van der Waals surface area contributed by atoms with Gasteiger partial charge >= 0.3 is 0 Å². The second kappa shape index (κ2) is 12.1. The van der Waals surface area contributed by atoms with Crippen molar-refractivity contribution >= 4 is 11.8 Å². The fraction of sp³-hybridized carbons (Fsp3) is 0.462. The molecule has 2 amide bonds. The third-order valence-electron chi connectivity index (χ3n) is 5.81. The van der Waals surface area contributed by atoms with Gasteiger partial charge < -0.3 is 20.1 Å². The molecule has 1 fully saturated rings. The lowest BCUT2D eigenvalue weighted by Crippen LogP contribution is -2.54. The van der Waals surface area contributed by atoms with Gasteiger partial charge in [-0.15, -0.1) is 0 Å². The first kappa shape index (κ1) is 23.6. The van der Waals surface area contributed by atoms with Crippen LogP contribution in [0.3, 0.4) is 0 Å². The highest BCUT2D eigenvalue weighted by Crippen LogP contribution is 2.19. The maximum Gasteiger partial charge on any atom is 0.258 e. The molecule has 0 spiro atoms. The van der Waals surface area contributed by atoms with Gasteiger partial charge in [-0.1, -0.05) is 51.0 Å². The van der Waals surface area contributed by atoms with Gasteiger partial charge in [-0.05, 0) is 61.1 Å². The number of carbonyl (C=O) groups is 2. The lowest BCUT2D eigenvalue weighted by atomic mass is 9.90. The highest BCUT2D eigenvalue weighted by molar-refractivity contribution is 5.79. The zero-order valence-electron chi connectivity index (χ0n) is 19.1. The van der Waals surface area contributed by atoms with Crippen LogP contribution in [0.1, 0.15) is 50.7 Å². The minimum atomic E-state index is -0.175. The molecule has 0 aromatic heterocycles. The standard InChI is InChI=1S/C26H34N2O4/c1-3-19-9-7-11-21(15-19)31-17-25(29)27-23-13-5-6-14-24(23)28-26(30)18-32-22-12-8-10-20(4-2)16-22/h7-12,15-16,23-24H,3-6,13-14,17-18H2,1-2H3,(H,27,29)(H,28,30). The molecule has 1 aliphatic carbocycles. The molecule has 2 aromatic rings. The molecule has 2 atom stereocenters. The Kier molecular flexibility index (Phi) is 8.96. The molecule has 1 aliphatic rings. The van der Waals surface area contributed by atoms with Crippen LogP contribution in [0, 0.1) is 0 Å². The molecule has 1 saturated carbocycles. The van der Waals surface area contributed by atoms with E-state index in [0.717, 1.165) is 38.5 Å². The summed E-state index contributed by atoms with van der Waals surface area (Å²) in [4.78, 5) is 24.9. The van der Waals surface area contributed by atoms with E-state index in [-0.39, 0.29) is 37.1 Å². The van der Waals surface area contributed by atoms with Gasteiger partial charge in [0.25, 0.3) is 11.8 Å². The summed E-state index contributed by atoms with van der Waals surface area (Å²) in [5.74, 6) is 1.03. The Balaban J connectivity index is 1.46. The Morgan fingerprint density at radius 1 is 0.781 bits per heavy atom. The molecule has 0 saturated heterocycles. The van der Waals surface area contributed by atoms with E-state index in [2.05, 4.69) is 24.5 Å². The molecule has 3 rings (SSSR count). The summed E-state index contributed by atoms with van der Waals surface area (Å²) in [6.07, 6.45) is 5.55. The van der Waals surface area contributed by atoms with E-state index < -0.39 is 0 Å². The van der Waals surface area contributed by atoms with Crippen molar-refractivity contribution in [1.29, 1.82) is 0 Å². The molecular formula is C26H34N2O4. The largest absolute Gasteiger partial charge is 0.484 e. The second-order valence-corrected chi connectivity index (χ2v) is 8.21. The Bertz CT molecular complexity index is 825. The average Bonchev–Trinajstić information content (AvgIpc) is 2.83. The van der Waals surface area contributed by atoms with Crippen molar-refractivity contribution in [2.45, 2.75) is 64.5 Å². The molecule has 0 radical (unpaired) electrons. The van der Waals surface area contributed by atoms with E-state index in [0.29, 0.717) is 11.5 Å². The topological polar surface area (TPSA) is 76.7 Å². The molecule has 6 nitrogen and oxygen atoms in total. The van der Waals surface area contributed by atoms with Crippen LogP contribution in [0.5, 0.6) is 11.5 Å². The summed E-state index contributed by atoms with van der Waals surface area (Å²) in [5.41, 5.74) is 2.34. The molecule has 0 heterocycles. The average molecular weight is 439 g/mol. The molecule has 0 bridgehead atoms. The van der Waals surface area contributed by atoms with Crippen molar-refractivity contribution in [2.24, 2.45) is 0 Å². The summed E-state index contributed by atoms with van der Waals surface area (Å²) < 4.78 is 11.3. The highest BCUT2D eigenvalue weighted by atomic mass is 16.5. The number of ether oxygens (including phenoxy) is 2. The van der Waals surface area contributed by atoms with Crippen LogP contribution in [0.25, 0.3) is 0 Å². The van der Waals surface area contributed by atoms with Crippen molar-refractivity contribution in [2.75, 3.05) is 13.2 Å². The minimum Gasteiger partial charge on any atom is -0.484 e. The zero-order chi connectivity index (χ0) is 22.8. The van der Waals surface area contributed by atoms with E-state index >= 15 is 0 Å². The van der Waals surface area contributed by atoms with Crippen LogP contribution in [0.4, 0.5) is 0 Å². The van der Waals surface area contributed by atoms with Gasteiger partial charge in [0.15, 0.2) is 13.2 Å².